The maximum absolute atomic E-state index is 14.1. The van der Waals surface area contributed by atoms with Crippen molar-refractivity contribution in [2.45, 2.75) is 32.2 Å². The van der Waals surface area contributed by atoms with Gasteiger partial charge in [-0.2, -0.15) is 0 Å². The van der Waals surface area contributed by atoms with Crippen molar-refractivity contribution in [3.8, 4) is 5.75 Å². The van der Waals surface area contributed by atoms with Crippen LogP contribution in [0.1, 0.15) is 35.7 Å². The third kappa shape index (κ3) is 5.81. The van der Waals surface area contributed by atoms with Gasteiger partial charge in [-0.25, -0.2) is 4.39 Å². The first kappa shape index (κ1) is 22.3. The Morgan fingerprint density at radius 2 is 1.84 bits per heavy atom. The summed E-state index contributed by atoms with van der Waals surface area (Å²) in [6, 6.07) is 11.1. The largest absolute Gasteiger partial charge is 0.496 e. The van der Waals surface area contributed by atoms with Crippen molar-refractivity contribution >= 4 is 23.4 Å². The van der Waals surface area contributed by atoms with E-state index < -0.39 is 11.7 Å². The van der Waals surface area contributed by atoms with E-state index in [4.69, 9.17) is 4.74 Å². The van der Waals surface area contributed by atoms with Crippen LogP contribution in [0.25, 0.3) is 0 Å². The Morgan fingerprint density at radius 3 is 2.52 bits per heavy atom. The Morgan fingerprint density at radius 1 is 1.13 bits per heavy atom. The number of anilines is 1. The highest BCUT2D eigenvalue weighted by molar-refractivity contribution is 5.97. The number of nitrogens with one attached hydrogen (secondary N) is 2. The number of hydrogen-bond acceptors (Lipinski definition) is 4. The predicted octanol–water partition coefficient (Wildman–Crippen LogP) is 2.76. The summed E-state index contributed by atoms with van der Waals surface area (Å²) in [5, 5.41) is 5.37. The molecule has 7 nitrogen and oxygen atoms in total. The molecule has 3 amide bonds. The highest BCUT2D eigenvalue weighted by Crippen LogP contribution is 2.20. The number of rotatable bonds is 6. The van der Waals surface area contributed by atoms with Gasteiger partial charge in [-0.3, -0.25) is 14.4 Å². The standard InChI is InChI=1S/C23H26FN3O4/c1-15(28)25-18-7-8-20(24)19(14-18)23(30)26-17-9-11-27(12-10-17)22(29)13-16-5-3-4-6-21(16)31-2/h3-8,14,17H,9-13H2,1-2H3,(H,25,28)(H,26,30). The first-order valence-corrected chi connectivity index (χ1v) is 10.1. The smallest absolute Gasteiger partial charge is 0.254 e. The number of carbonyl (C=O) groups excluding carboxylic acids is 3. The summed E-state index contributed by atoms with van der Waals surface area (Å²) in [5.74, 6) is -0.812. The zero-order chi connectivity index (χ0) is 22.4. The van der Waals surface area contributed by atoms with E-state index in [1.807, 2.05) is 24.3 Å². The highest BCUT2D eigenvalue weighted by Gasteiger charge is 2.25. The molecule has 0 saturated carbocycles. The molecule has 0 bridgehead atoms. The van der Waals surface area contributed by atoms with Crippen molar-refractivity contribution in [1.29, 1.82) is 0 Å². The number of ether oxygens (including phenoxy) is 1. The number of hydrogen-bond donors (Lipinski definition) is 2. The van der Waals surface area contributed by atoms with Crippen molar-refractivity contribution in [1.82, 2.24) is 10.2 Å². The normalized spacial score (nSPS) is 14.1. The van der Waals surface area contributed by atoms with Crippen LogP contribution >= 0.6 is 0 Å². The lowest BCUT2D eigenvalue weighted by Crippen LogP contribution is -2.47. The number of para-hydroxylation sites is 1. The lowest BCUT2D eigenvalue weighted by Gasteiger charge is -2.32. The van der Waals surface area contributed by atoms with Gasteiger partial charge in [-0.05, 0) is 37.1 Å². The van der Waals surface area contributed by atoms with Gasteiger partial charge >= 0.3 is 0 Å². The molecular weight excluding hydrogens is 401 g/mol. The second kappa shape index (κ2) is 10.1. The molecule has 1 heterocycles. The molecule has 1 aliphatic rings. The van der Waals surface area contributed by atoms with Crippen LogP contribution in [0.5, 0.6) is 5.75 Å². The topological polar surface area (TPSA) is 87.7 Å². The van der Waals surface area contributed by atoms with E-state index in [2.05, 4.69) is 10.6 Å². The Kier molecular flexibility index (Phi) is 7.23. The number of benzene rings is 2. The third-order valence-electron chi connectivity index (χ3n) is 5.25. The lowest BCUT2D eigenvalue weighted by molar-refractivity contribution is -0.131. The first-order valence-electron chi connectivity index (χ1n) is 10.1. The molecular formula is C23H26FN3O4. The summed E-state index contributed by atoms with van der Waals surface area (Å²) in [4.78, 5) is 38.2. The van der Waals surface area contributed by atoms with E-state index in [9.17, 15) is 18.8 Å². The van der Waals surface area contributed by atoms with Gasteiger partial charge in [0.05, 0.1) is 19.1 Å². The summed E-state index contributed by atoms with van der Waals surface area (Å²) in [5.41, 5.74) is 1.07. The molecule has 0 atom stereocenters. The maximum Gasteiger partial charge on any atom is 0.254 e. The minimum Gasteiger partial charge on any atom is -0.496 e. The molecule has 164 valence electrons. The van der Waals surface area contributed by atoms with Crippen molar-refractivity contribution in [2.24, 2.45) is 0 Å². The van der Waals surface area contributed by atoms with Gasteiger partial charge in [0.25, 0.3) is 5.91 Å². The fraction of sp³-hybridized carbons (Fsp3) is 0.348. The molecule has 1 fully saturated rings. The summed E-state index contributed by atoms with van der Waals surface area (Å²) < 4.78 is 19.4. The Balaban J connectivity index is 1.55. The van der Waals surface area contributed by atoms with Gasteiger partial charge in [0, 0.05) is 37.3 Å². The predicted molar refractivity (Wildman–Crippen MR) is 114 cm³/mol. The highest BCUT2D eigenvalue weighted by atomic mass is 19.1. The van der Waals surface area contributed by atoms with E-state index >= 15 is 0 Å². The SMILES string of the molecule is COc1ccccc1CC(=O)N1CCC(NC(=O)c2cc(NC(C)=O)ccc2F)CC1. The Labute approximate surface area is 180 Å². The van der Waals surface area contributed by atoms with Crippen LogP contribution in [-0.2, 0) is 16.0 Å². The average Bonchev–Trinajstić information content (AvgIpc) is 2.75. The molecule has 2 aromatic rings. The van der Waals surface area contributed by atoms with Gasteiger partial charge in [0.15, 0.2) is 0 Å². The van der Waals surface area contributed by atoms with E-state index in [-0.39, 0.29) is 29.8 Å². The second-order valence-corrected chi connectivity index (χ2v) is 7.49. The van der Waals surface area contributed by atoms with Crippen molar-refractivity contribution in [3.63, 3.8) is 0 Å². The van der Waals surface area contributed by atoms with Crippen molar-refractivity contribution < 1.29 is 23.5 Å². The number of amides is 3. The van der Waals surface area contributed by atoms with Gasteiger partial charge in [-0.1, -0.05) is 18.2 Å². The quantitative estimate of drug-likeness (QED) is 0.742. The fourth-order valence-electron chi connectivity index (χ4n) is 3.64. The van der Waals surface area contributed by atoms with Gasteiger partial charge < -0.3 is 20.3 Å². The minimum absolute atomic E-state index is 0.00308. The van der Waals surface area contributed by atoms with Crippen LogP contribution in [0.2, 0.25) is 0 Å². The van der Waals surface area contributed by atoms with Crippen molar-refractivity contribution in [2.75, 3.05) is 25.5 Å². The number of methoxy groups -OCH3 is 1. The average molecular weight is 427 g/mol. The molecule has 3 rings (SSSR count). The van der Waals surface area contributed by atoms with Gasteiger partial charge in [0.2, 0.25) is 11.8 Å². The molecule has 1 aliphatic heterocycles. The van der Waals surface area contributed by atoms with E-state index in [0.717, 1.165) is 11.6 Å². The molecule has 0 spiro atoms. The van der Waals surface area contributed by atoms with Crippen LogP contribution in [0, 0.1) is 5.82 Å². The molecule has 0 aliphatic carbocycles. The van der Waals surface area contributed by atoms with E-state index in [0.29, 0.717) is 37.4 Å². The molecule has 0 aromatic heterocycles. The first-order chi connectivity index (χ1) is 14.9. The monoisotopic (exact) mass is 427 g/mol. The number of carbonyl (C=O) groups is 3. The van der Waals surface area contributed by atoms with Gasteiger partial charge in [0.1, 0.15) is 11.6 Å². The fourth-order valence-corrected chi connectivity index (χ4v) is 3.64. The zero-order valence-corrected chi connectivity index (χ0v) is 17.6. The van der Waals surface area contributed by atoms with Crippen LogP contribution < -0.4 is 15.4 Å². The molecule has 0 radical (unpaired) electrons. The Bertz CT molecular complexity index is 971. The zero-order valence-electron chi connectivity index (χ0n) is 17.6. The summed E-state index contributed by atoms with van der Waals surface area (Å²) in [7, 11) is 1.58. The summed E-state index contributed by atoms with van der Waals surface area (Å²) in [6.45, 7) is 2.35. The Hall–Kier alpha value is -3.42. The molecule has 0 unspecified atom stereocenters. The van der Waals surface area contributed by atoms with Gasteiger partial charge in [-0.15, -0.1) is 0 Å². The molecule has 2 N–H and O–H groups in total. The number of nitrogens with zero attached hydrogens (tertiary/aromatic N) is 1. The lowest BCUT2D eigenvalue weighted by atomic mass is 10.0. The molecule has 2 aromatic carbocycles. The number of halogens is 1. The van der Waals surface area contributed by atoms with E-state index in [1.54, 1.807) is 12.0 Å². The second-order valence-electron chi connectivity index (χ2n) is 7.49. The van der Waals surface area contributed by atoms with Crippen LogP contribution in [-0.4, -0.2) is 48.9 Å². The van der Waals surface area contributed by atoms with Crippen LogP contribution in [0.4, 0.5) is 10.1 Å². The van der Waals surface area contributed by atoms with Crippen LogP contribution in [0.3, 0.4) is 0 Å². The maximum atomic E-state index is 14.1. The van der Waals surface area contributed by atoms with E-state index in [1.165, 1.54) is 19.1 Å². The molecule has 1 saturated heterocycles. The third-order valence-corrected chi connectivity index (χ3v) is 5.25. The molecule has 8 heteroatoms. The number of likely N-dealkylation sites (tertiary alicyclic amines) is 1. The van der Waals surface area contributed by atoms with Crippen molar-refractivity contribution in [3.05, 3.63) is 59.4 Å². The summed E-state index contributed by atoms with van der Waals surface area (Å²) >= 11 is 0. The minimum atomic E-state index is -0.656. The molecule has 31 heavy (non-hydrogen) atoms. The number of piperidine rings is 1. The summed E-state index contributed by atoms with van der Waals surface area (Å²) in [6.07, 6.45) is 1.41. The van der Waals surface area contributed by atoms with Crippen LogP contribution in [0.15, 0.2) is 42.5 Å².